The van der Waals surface area contributed by atoms with Crippen molar-refractivity contribution in [3.05, 3.63) is 22.6 Å². The first kappa shape index (κ1) is 9.02. The minimum atomic E-state index is -1.29. The summed E-state index contributed by atoms with van der Waals surface area (Å²) in [5.41, 5.74) is 8.06. The van der Waals surface area contributed by atoms with Crippen molar-refractivity contribution in [2.24, 2.45) is 5.11 Å². The average molecular weight is 171 g/mol. The Hall–Kier alpha value is -1.07. The van der Waals surface area contributed by atoms with Gasteiger partial charge in [0.15, 0.2) is 0 Å². The molecule has 0 aromatic heterocycles. The maximum Gasteiger partial charge on any atom is 0.110 e. The van der Waals surface area contributed by atoms with Crippen molar-refractivity contribution in [1.82, 2.24) is 0 Å². The molecule has 0 heterocycles. The second-order valence-electron chi connectivity index (χ2n) is 2.55. The number of rotatable bonds is 1. The van der Waals surface area contributed by atoms with E-state index in [9.17, 15) is 5.11 Å². The molecule has 1 aliphatic rings. The summed E-state index contributed by atoms with van der Waals surface area (Å²) < 4.78 is 0. The zero-order chi connectivity index (χ0) is 9.14. The van der Waals surface area contributed by atoms with Crippen LogP contribution in [0.2, 0.25) is 0 Å². The predicted molar refractivity (Wildman–Crippen MR) is 40.1 cm³/mol. The van der Waals surface area contributed by atoms with Crippen molar-refractivity contribution in [2.45, 2.75) is 24.4 Å². The molecule has 6 heteroatoms. The Balaban J connectivity index is 2.80. The fourth-order valence-corrected chi connectivity index (χ4v) is 1.03. The van der Waals surface area contributed by atoms with Crippen LogP contribution in [0.25, 0.3) is 10.4 Å². The molecule has 0 amide bonds. The number of aliphatic hydroxyl groups is 3. The maximum atomic E-state index is 9.21. The molecule has 1 aliphatic carbocycles. The van der Waals surface area contributed by atoms with Crippen LogP contribution in [0.15, 0.2) is 17.3 Å². The second-order valence-corrected chi connectivity index (χ2v) is 2.55. The molecule has 0 bridgehead atoms. The zero-order valence-corrected chi connectivity index (χ0v) is 6.15. The van der Waals surface area contributed by atoms with Crippen molar-refractivity contribution in [3.8, 4) is 0 Å². The molecule has 0 saturated heterocycles. The Morgan fingerprint density at radius 1 is 1.17 bits per heavy atom. The number of hydrogen-bond acceptors (Lipinski definition) is 4. The molecular formula is C6H9N3O3. The number of azide groups is 1. The number of aliphatic hydroxyl groups excluding tert-OH is 3. The summed E-state index contributed by atoms with van der Waals surface area (Å²) in [4.78, 5) is 2.49. The van der Waals surface area contributed by atoms with E-state index < -0.39 is 24.4 Å². The van der Waals surface area contributed by atoms with Gasteiger partial charge in [0.2, 0.25) is 0 Å². The van der Waals surface area contributed by atoms with Gasteiger partial charge in [-0.25, -0.2) is 0 Å². The summed E-state index contributed by atoms with van der Waals surface area (Å²) in [6.07, 6.45) is -0.963. The largest absolute Gasteiger partial charge is 0.390 e. The van der Waals surface area contributed by atoms with Crippen LogP contribution < -0.4 is 0 Å². The average Bonchev–Trinajstić information content (AvgIpc) is 2.07. The summed E-state index contributed by atoms with van der Waals surface area (Å²) in [6.45, 7) is 0. The Bertz CT molecular complexity index is 236. The molecule has 12 heavy (non-hydrogen) atoms. The van der Waals surface area contributed by atoms with Gasteiger partial charge in [-0.05, 0) is 5.53 Å². The summed E-state index contributed by atoms with van der Waals surface area (Å²) >= 11 is 0. The van der Waals surface area contributed by atoms with E-state index in [1.807, 2.05) is 0 Å². The van der Waals surface area contributed by atoms with Crippen LogP contribution in [0.5, 0.6) is 0 Å². The van der Waals surface area contributed by atoms with E-state index in [1.165, 1.54) is 12.2 Å². The molecule has 66 valence electrons. The molecule has 0 saturated carbocycles. The van der Waals surface area contributed by atoms with Crippen molar-refractivity contribution in [2.75, 3.05) is 0 Å². The monoisotopic (exact) mass is 171 g/mol. The van der Waals surface area contributed by atoms with Crippen LogP contribution in [0.3, 0.4) is 0 Å². The van der Waals surface area contributed by atoms with Gasteiger partial charge in [-0.2, -0.15) is 0 Å². The third-order valence-corrected chi connectivity index (χ3v) is 1.74. The van der Waals surface area contributed by atoms with Crippen molar-refractivity contribution < 1.29 is 15.3 Å². The maximum absolute atomic E-state index is 9.21. The van der Waals surface area contributed by atoms with E-state index in [-0.39, 0.29) is 0 Å². The smallest absolute Gasteiger partial charge is 0.110 e. The third-order valence-electron chi connectivity index (χ3n) is 1.74. The van der Waals surface area contributed by atoms with Crippen LogP contribution in [0, 0.1) is 0 Å². The van der Waals surface area contributed by atoms with Crippen molar-refractivity contribution in [3.63, 3.8) is 0 Å². The molecule has 0 aliphatic heterocycles. The summed E-state index contributed by atoms with van der Waals surface area (Å²) in [5, 5.41) is 30.5. The Morgan fingerprint density at radius 3 is 2.42 bits per heavy atom. The van der Waals surface area contributed by atoms with E-state index in [4.69, 9.17) is 15.7 Å². The molecule has 0 fully saturated rings. The Morgan fingerprint density at radius 2 is 1.83 bits per heavy atom. The topological polar surface area (TPSA) is 109 Å². The normalized spacial score (nSPS) is 40.6. The van der Waals surface area contributed by atoms with Crippen molar-refractivity contribution in [1.29, 1.82) is 0 Å². The number of nitrogens with zero attached hydrogens (tertiary/aromatic N) is 3. The zero-order valence-electron chi connectivity index (χ0n) is 6.15. The van der Waals surface area contributed by atoms with E-state index in [2.05, 4.69) is 10.0 Å². The van der Waals surface area contributed by atoms with Gasteiger partial charge < -0.3 is 15.3 Å². The summed E-state index contributed by atoms with van der Waals surface area (Å²) in [7, 11) is 0. The number of hydrogen-bond donors (Lipinski definition) is 3. The van der Waals surface area contributed by atoms with Crippen LogP contribution >= 0.6 is 0 Å². The first-order chi connectivity index (χ1) is 5.66. The van der Waals surface area contributed by atoms with Gasteiger partial charge in [0.05, 0.1) is 12.1 Å². The first-order valence-corrected chi connectivity index (χ1v) is 3.43. The molecule has 0 aromatic carbocycles. The van der Waals surface area contributed by atoms with Crippen LogP contribution in [0.1, 0.15) is 0 Å². The highest BCUT2D eigenvalue weighted by molar-refractivity contribution is 5.10. The third kappa shape index (κ3) is 1.57. The molecule has 4 atom stereocenters. The van der Waals surface area contributed by atoms with E-state index in [0.29, 0.717) is 0 Å². The lowest BCUT2D eigenvalue weighted by Crippen LogP contribution is -2.45. The minimum absolute atomic E-state index is 0.798. The molecule has 0 aromatic rings. The van der Waals surface area contributed by atoms with Gasteiger partial charge in [-0.3, -0.25) is 0 Å². The highest BCUT2D eigenvalue weighted by atomic mass is 16.4. The fourth-order valence-electron chi connectivity index (χ4n) is 1.03. The van der Waals surface area contributed by atoms with Gasteiger partial charge in [-0.1, -0.05) is 17.3 Å². The summed E-state index contributed by atoms with van der Waals surface area (Å²) in [5.74, 6) is 0. The molecule has 1 rings (SSSR count). The van der Waals surface area contributed by atoms with Gasteiger partial charge >= 0.3 is 0 Å². The van der Waals surface area contributed by atoms with Crippen LogP contribution in [-0.2, 0) is 0 Å². The first-order valence-electron chi connectivity index (χ1n) is 3.43. The SMILES string of the molecule is [N-]=[N+]=NC1C=CC(O)C(O)C1O. The molecular weight excluding hydrogens is 162 g/mol. The summed E-state index contributed by atoms with van der Waals surface area (Å²) in [6, 6.07) is -0.798. The van der Waals surface area contributed by atoms with Gasteiger partial charge in [0.25, 0.3) is 0 Å². The van der Waals surface area contributed by atoms with E-state index >= 15 is 0 Å². The van der Waals surface area contributed by atoms with Gasteiger partial charge in [0.1, 0.15) is 12.2 Å². The van der Waals surface area contributed by atoms with Crippen LogP contribution in [-0.4, -0.2) is 39.7 Å². The standard InChI is InChI=1S/C6H9N3O3/c7-9-8-3-1-2-4(10)6(12)5(3)11/h1-6,10-12H. The lowest BCUT2D eigenvalue weighted by atomic mass is 9.95. The molecule has 4 unspecified atom stereocenters. The van der Waals surface area contributed by atoms with E-state index in [1.54, 1.807) is 0 Å². The molecule has 3 N–H and O–H groups in total. The molecule has 6 nitrogen and oxygen atoms in total. The minimum Gasteiger partial charge on any atom is -0.390 e. The van der Waals surface area contributed by atoms with Crippen molar-refractivity contribution >= 4 is 0 Å². The lowest BCUT2D eigenvalue weighted by molar-refractivity contribution is -0.0517. The quantitative estimate of drug-likeness (QED) is 0.210. The lowest BCUT2D eigenvalue weighted by Gasteiger charge is -2.27. The fraction of sp³-hybridized carbons (Fsp3) is 0.667. The van der Waals surface area contributed by atoms with Crippen LogP contribution in [0.4, 0.5) is 0 Å². The second kappa shape index (κ2) is 3.55. The Labute approximate surface area is 68.4 Å². The molecule has 0 spiro atoms. The predicted octanol–water partition coefficient (Wildman–Crippen LogP) is -0.682. The molecule has 0 radical (unpaired) electrons. The highest BCUT2D eigenvalue weighted by Crippen LogP contribution is 2.16. The Kier molecular flexibility index (Phi) is 2.67. The highest BCUT2D eigenvalue weighted by Gasteiger charge is 2.31. The van der Waals surface area contributed by atoms with Gasteiger partial charge in [-0.15, -0.1) is 0 Å². The van der Waals surface area contributed by atoms with Gasteiger partial charge in [0, 0.05) is 4.91 Å². The van der Waals surface area contributed by atoms with E-state index in [0.717, 1.165) is 0 Å².